The molecule has 32 heavy (non-hydrogen) atoms. The van der Waals surface area contributed by atoms with Crippen LogP contribution in [0.15, 0.2) is 42.5 Å². The molecule has 0 bridgehead atoms. The number of rotatable bonds is 2. The van der Waals surface area contributed by atoms with E-state index in [0.717, 1.165) is 24.1 Å². The third-order valence-corrected chi connectivity index (χ3v) is 8.00. The van der Waals surface area contributed by atoms with E-state index in [1.165, 1.54) is 4.90 Å². The van der Waals surface area contributed by atoms with Crippen LogP contribution in [0, 0.1) is 11.8 Å². The highest BCUT2D eigenvalue weighted by molar-refractivity contribution is 6.36. The van der Waals surface area contributed by atoms with Gasteiger partial charge in [-0.05, 0) is 50.6 Å². The van der Waals surface area contributed by atoms with Crippen LogP contribution in [0.4, 0.5) is 11.4 Å². The molecule has 4 aliphatic heterocycles. The van der Waals surface area contributed by atoms with E-state index in [1.807, 2.05) is 31.2 Å². The number of hydrogen-bond donors (Lipinski definition) is 0. The van der Waals surface area contributed by atoms with Crippen molar-refractivity contribution in [2.75, 3.05) is 22.9 Å². The maximum Gasteiger partial charge on any atom is 0.253 e. The summed E-state index contributed by atoms with van der Waals surface area (Å²) in [5.74, 6) is -2.08. The van der Waals surface area contributed by atoms with Crippen molar-refractivity contribution in [3.05, 3.63) is 58.1 Å². The van der Waals surface area contributed by atoms with Gasteiger partial charge in [-0.3, -0.25) is 19.3 Å². The lowest BCUT2D eigenvalue weighted by molar-refractivity contribution is -0.137. The average molecular weight is 470 g/mol. The summed E-state index contributed by atoms with van der Waals surface area (Å²) in [4.78, 5) is 46.9. The third kappa shape index (κ3) is 2.28. The number of benzene rings is 2. The van der Waals surface area contributed by atoms with Crippen LogP contribution in [0.25, 0.3) is 0 Å². The van der Waals surface area contributed by atoms with Crippen molar-refractivity contribution in [2.24, 2.45) is 11.8 Å². The number of nitrogens with zero attached hydrogens (tertiary/aromatic N) is 3. The van der Waals surface area contributed by atoms with E-state index in [0.29, 0.717) is 28.8 Å². The lowest BCUT2D eigenvalue weighted by Crippen LogP contribution is -2.56. The summed E-state index contributed by atoms with van der Waals surface area (Å²) < 4.78 is 0. The summed E-state index contributed by atoms with van der Waals surface area (Å²) >= 11 is 12.4. The molecule has 1 spiro atoms. The fourth-order valence-corrected chi connectivity index (χ4v) is 7.09. The highest BCUT2D eigenvalue weighted by Gasteiger charge is 2.75. The van der Waals surface area contributed by atoms with E-state index in [2.05, 4.69) is 4.90 Å². The lowest BCUT2D eigenvalue weighted by atomic mass is 9.75. The number of amides is 3. The summed E-state index contributed by atoms with van der Waals surface area (Å²) in [6.07, 6.45) is 1.68. The largest absolute Gasteiger partial charge is 0.310 e. The summed E-state index contributed by atoms with van der Waals surface area (Å²) in [5, 5.41) is 0.698. The van der Waals surface area contributed by atoms with E-state index >= 15 is 0 Å². The number of anilines is 2. The molecule has 164 valence electrons. The van der Waals surface area contributed by atoms with Crippen LogP contribution < -0.4 is 9.80 Å². The Morgan fingerprint density at radius 1 is 1.03 bits per heavy atom. The van der Waals surface area contributed by atoms with Crippen molar-refractivity contribution < 1.29 is 14.4 Å². The number of carbonyl (C=O) groups excluding carboxylic acids is 3. The van der Waals surface area contributed by atoms with Crippen molar-refractivity contribution in [3.8, 4) is 0 Å². The first-order chi connectivity index (χ1) is 15.4. The third-order valence-electron chi connectivity index (χ3n) is 7.57. The van der Waals surface area contributed by atoms with E-state index in [9.17, 15) is 14.4 Å². The molecule has 0 aliphatic carbocycles. The fraction of sp³-hybridized carbons (Fsp3) is 0.375. The first-order valence-corrected chi connectivity index (χ1v) is 11.7. The monoisotopic (exact) mass is 469 g/mol. The molecule has 3 fully saturated rings. The van der Waals surface area contributed by atoms with Gasteiger partial charge in [0.05, 0.1) is 17.5 Å². The van der Waals surface area contributed by atoms with E-state index in [-0.39, 0.29) is 23.8 Å². The minimum atomic E-state index is -1.15. The number of fused-ring (bicyclic) bond motifs is 7. The van der Waals surface area contributed by atoms with Crippen LogP contribution in [0.5, 0.6) is 0 Å². The van der Waals surface area contributed by atoms with Crippen molar-refractivity contribution >= 4 is 52.3 Å². The van der Waals surface area contributed by atoms with Gasteiger partial charge in [-0.25, -0.2) is 4.90 Å². The van der Waals surface area contributed by atoms with E-state index in [1.54, 1.807) is 23.1 Å². The van der Waals surface area contributed by atoms with Gasteiger partial charge in [0.15, 0.2) is 0 Å². The molecule has 6 rings (SSSR count). The van der Waals surface area contributed by atoms with Crippen LogP contribution in [-0.2, 0) is 19.9 Å². The van der Waals surface area contributed by atoms with Crippen LogP contribution >= 0.6 is 23.2 Å². The topological polar surface area (TPSA) is 60.9 Å². The summed E-state index contributed by atoms with van der Waals surface area (Å²) in [7, 11) is 0. The lowest BCUT2D eigenvalue weighted by Gasteiger charge is -2.37. The van der Waals surface area contributed by atoms with Gasteiger partial charge in [0.25, 0.3) is 5.91 Å². The second-order valence-corrected chi connectivity index (χ2v) is 9.75. The van der Waals surface area contributed by atoms with Crippen LogP contribution in [0.3, 0.4) is 0 Å². The van der Waals surface area contributed by atoms with Crippen LogP contribution in [0.2, 0.25) is 10.0 Å². The van der Waals surface area contributed by atoms with Crippen molar-refractivity contribution in [2.45, 2.75) is 31.3 Å². The Kier molecular flexibility index (Phi) is 4.29. The molecule has 3 amide bonds. The molecule has 2 aromatic rings. The van der Waals surface area contributed by atoms with Gasteiger partial charge in [0.2, 0.25) is 11.8 Å². The van der Waals surface area contributed by atoms with Gasteiger partial charge >= 0.3 is 0 Å². The molecular weight excluding hydrogens is 449 g/mol. The molecular formula is C24H21Cl2N3O3. The number of likely N-dealkylation sites (N-methyl/N-ethyl adjacent to an activating group) is 1. The molecule has 4 heterocycles. The van der Waals surface area contributed by atoms with Gasteiger partial charge in [-0.1, -0.05) is 41.4 Å². The van der Waals surface area contributed by atoms with Gasteiger partial charge in [0, 0.05) is 33.9 Å². The van der Waals surface area contributed by atoms with Gasteiger partial charge < -0.3 is 4.90 Å². The molecule has 0 unspecified atom stereocenters. The second-order valence-electron chi connectivity index (χ2n) is 8.88. The molecule has 0 N–H and O–H groups in total. The number of imide groups is 1. The predicted molar refractivity (Wildman–Crippen MR) is 122 cm³/mol. The standard InChI is InChI=1S/C24H21Cl2N3O3/c1-2-27-17-7-4-3-6-16(17)24(23(27)32)20-19(18-8-5-9-28(18)24)21(30)29(22(20)31)15-11-13(25)10-14(26)12-15/h3-4,6-7,10-12,18-20H,2,5,8-9H2,1H3/t18-,19+,20+,24+/m1/s1. The number of carbonyl (C=O) groups is 3. The Bertz CT molecular complexity index is 1180. The van der Waals surface area contributed by atoms with Crippen molar-refractivity contribution in [1.82, 2.24) is 4.90 Å². The first-order valence-electron chi connectivity index (χ1n) is 10.9. The maximum absolute atomic E-state index is 14.1. The van der Waals surface area contributed by atoms with Gasteiger partial charge in [-0.2, -0.15) is 0 Å². The summed E-state index contributed by atoms with van der Waals surface area (Å²) in [6.45, 7) is 3.13. The van der Waals surface area contributed by atoms with E-state index in [4.69, 9.17) is 23.2 Å². The molecule has 0 saturated carbocycles. The minimum Gasteiger partial charge on any atom is -0.310 e. The zero-order chi connectivity index (χ0) is 22.4. The molecule has 0 aromatic heterocycles. The molecule has 2 aromatic carbocycles. The molecule has 4 atom stereocenters. The van der Waals surface area contributed by atoms with Crippen LogP contribution in [-0.4, -0.2) is 41.8 Å². The number of hydrogen-bond acceptors (Lipinski definition) is 4. The zero-order valence-corrected chi connectivity index (χ0v) is 18.9. The Morgan fingerprint density at radius 2 is 1.75 bits per heavy atom. The SMILES string of the molecule is CCN1C(=O)[C@]2(c3ccccc31)[C@@H]1C(=O)N(c3cc(Cl)cc(Cl)c3)C(=O)[C@H]1[C@H]1CCCN12. The highest BCUT2D eigenvalue weighted by Crippen LogP contribution is 2.61. The molecule has 3 saturated heterocycles. The minimum absolute atomic E-state index is 0.104. The summed E-state index contributed by atoms with van der Waals surface area (Å²) in [5.41, 5.74) is 0.870. The van der Waals surface area contributed by atoms with Gasteiger partial charge in [-0.15, -0.1) is 0 Å². The Balaban J connectivity index is 1.57. The Labute approximate surface area is 195 Å². The average Bonchev–Trinajstić information content (AvgIpc) is 3.45. The molecule has 4 aliphatic rings. The quantitative estimate of drug-likeness (QED) is 0.626. The van der Waals surface area contributed by atoms with E-state index < -0.39 is 17.4 Å². The van der Waals surface area contributed by atoms with Crippen LogP contribution in [0.1, 0.15) is 25.3 Å². The molecule has 0 radical (unpaired) electrons. The van der Waals surface area contributed by atoms with Gasteiger partial charge in [0.1, 0.15) is 5.54 Å². The number of para-hydroxylation sites is 1. The smallest absolute Gasteiger partial charge is 0.253 e. The van der Waals surface area contributed by atoms with Crippen molar-refractivity contribution in [1.29, 1.82) is 0 Å². The van der Waals surface area contributed by atoms with Crippen molar-refractivity contribution in [3.63, 3.8) is 0 Å². The Morgan fingerprint density at radius 3 is 2.47 bits per heavy atom. The normalized spacial score (nSPS) is 31.1. The fourth-order valence-electron chi connectivity index (χ4n) is 6.58. The number of halogens is 2. The molecule has 8 heteroatoms. The predicted octanol–water partition coefficient (Wildman–Crippen LogP) is 3.84. The molecule has 6 nitrogen and oxygen atoms in total. The zero-order valence-electron chi connectivity index (χ0n) is 17.4. The highest BCUT2D eigenvalue weighted by atomic mass is 35.5. The maximum atomic E-state index is 14.1. The second kappa shape index (κ2) is 6.80. The first kappa shape index (κ1) is 20.2. The Hall–Kier alpha value is -2.41. The summed E-state index contributed by atoms with van der Waals surface area (Å²) in [6, 6.07) is 12.2.